The summed E-state index contributed by atoms with van der Waals surface area (Å²) in [5, 5.41) is 16.9. The number of phenols is 2. The van der Waals surface area contributed by atoms with Crippen LogP contribution in [0.2, 0.25) is 0 Å². The third kappa shape index (κ3) is 1.09. The van der Waals surface area contributed by atoms with Crippen LogP contribution in [-0.4, -0.2) is 10.2 Å². The third-order valence-electron chi connectivity index (χ3n) is 1.11. The van der Waals surface area contributed by atoms with E-state index in [2.05, 4.69) is 0 Å². The highest BCUT2D eigenvalue weighted by atomic mass is 19.2. The summed E-state index contributed by atoms with van der Waals surface area (Å²) in [6.07, 6.45) is 0. The number of hydrogen-bond donors (Lipinski definition) is 2. The molecule has 0 amide bonds. The van der Waals surface area contributed by atoms with Crippen LogP contribution in [-0.2, 0) is 0 Å². The van der Waals surface area contributed by atoms with Gasteiger partial charge in [0.2, 0.25) is 11.6 Å². The Hall–Kier alpha value is -1.39. The largest absolute Gasteiger partial charge is 0.505 e. The Balaban J connectivity index is 3.46. The van der Waals surface area contributed by atoms with E-state index in [1.807, 2.05) is 0 Å². The average Bonchev–Trinajstić information content (AvgIpc) is 1.97. The van der Waals surface area contributed by atoms with Crippen LogP contribution in [0.1, 0.15) is 0 Å². The standard InChI is InChI=1S/C6H3F3O2/c7-2-1-3(10)5(9)6(11)4(2)8/h1,10-11H. The van der Waals surface area contributed by atoms with Crippen molar-refractivity contribution in [2.24, 2.45) is 0 Å². The van der Waals surface area contributed by atoms with Crippen LogP contribution in [0.4, 0.5) is 13.2 Å². The predicted octanol–water partition coefficient (Wildman–Crippen LogP) is 1.52. The Bertz CT molecular complexity index is 272. The molecule has 0 unspecified atom stereocenters. The molecule has 0 aliphatic heterocycles. The monoisotopic (exact) mass is 164 g/mol. The smallest absolute Gasteiger partial charge is 0.209 e. The van der Waals surface area contributed by atoms with E-state index in [4.69, 9.17) is 10.2 Å². The van der Waals surface area contributed by atoms with Gasteiger partial charge in [-0.2, -0.15) is 8.78 Å². The summed E-state index contributed by atoms with van der Waals surface area (Å²) >= 11 is 0. The second-order valence-electron chi connectivity index (χ2n) is 1.85. The lowest BCUT2D eigenvalue weighted by molar-refractivity contribution is 0.349. The first kappa shape index (κ1) is 7.71. The molecule has 0 aliphatic rings. The van der Waals surface area contributed by atoms with Crippen molar-refractivity contribution >= 4 is 0 Å². The summed E-state index contributed by atoms with van der Waals surface area (Å²) < 4.78 is 36.6. The van der Waals surface area contributed by atoms with Crippen molar-refractivity contribution in [2.75, 3.05) is 0 Å². The maximum Gasteiger partial charge on any atom is 0.209 e. The quantitative estimate of drug-likeness (QED) is 0.570. The Labute approximate surface area is 59.5 Å². The summed E-state index contributed by atoms with van der Waals surface area (Å²) in [4.78, 5) is 0. The number of hydrogen-bond acceptors (Lipinski definition) is 2. The lowest BCUT2D eigenvalue weighted by Crippen LogP contribution is -1.88. The fraction of sp³-hybridized carbons (Fsp3) is 0. The van der Waals surface area contributed by atoms with Gasteiger partial charge in [0.15, 0.2) is 17.3 Å². The van der Waals surface area contributed by atoms with Gasteiger partial charge in [0.05, 0.1) is 0 Å². The molecule has 0 heterocycles. The SMILES string of the molecule is Oc1cc(F)c(F)c(O)c1F. The topological polar surface area (TPSA) is 40.5 Å². The van der Waals surface area contributed by atoms with Crippen LogP contribution >= 0.6 is 0 Å². The summed E-state index contributed by atoms with van der Waals surface area (Å²) in [6.45, 7) is 0. The van der Waals surface area contributed by atoms with Gasteiger partial charge in [0.25, 0.3) is 0 Å². The second kappa shape index (κ2) is 2.34. The average molecular weight is 164 g/mol. The first-order valence-electron chi connectivity index (χ1n) is 2.59. The molecule has 0 spiro atoms. The van der Waals surface area contributed by atoms with Gasteiger partial charge >= 0.3 is 0 Å². The summed E-state index contributed by atoms with van der Waals surface area (Å²) in [6, 6.07) is 0.240. The van der Waals surface area contributed by atoms with Gasteiger partial charge in [-0.25, -0.2) is 4.39 Å². The second-order valence-corrected chi connectivity index (χ2v) is 1.85. The lowest BCUT2D eigenvalue weighted by Gasteiger charge is -1.99. The Morgan fingerprint density at radius 2 is 1.55 bits per heavy atom. The normalized spacial score (nSPS) is 10.1. The number of aromatic hydroxyl groups is 2. The number of phenolic OH excluding ortho intramolecular Hbond substituents is 2. The van der Waals surface area contributed by atoms with Crippen molar-refractivity contribution in [3.8, 4) is 11.5 Å². The maximum atomic E-state index is 12.3. The maximum absolute atomic E-state index is 12.3. The predicted molar refractivity (Wildman–Crippen MR) is 29.6 cm³/mol. The number of benzene rings is 1. The van der Waals surface area contributed by atoms with Crippen molar-refractivity contribution in [3.05, 3.63) is 23.5 Å². The molecule has 1 aromatic carbocycles. The molecule has 0 saturated heterocycles. The van der Waals surface area contributed by atoms with Gasteiger partial charge in [0, 0.05) is 6.07 Å². The van der Waals surface area contributed by atoms with Crippen LogP contribution in [0.3, 0.4) is 0 Å². The molecule has 11 heavy (non-hydrogen) atoms. The molecular weight excluding hydrogens is 161 g/mol. The lowest BCUT2D eigenvalue weighted by atomic mass is 10.3. The molecule has 0 aromatic heterocycles. The minimum atomic E-state index is -1.71. The number of halogens is 3. The highest BCUT2D eigenvalue weighted by molar-refractivity contribution is 5.35. The Morgan fingerprint density at radius 1 is 1.00 bits per heavy atom. The zero-order chi connectivity index (χ0) is 8.59. The summed E-state index contributed by atoms with van der Waals surface area (Å²) in [7, 11) is 0. The van der Waals surface area contributed by atoms with E-state index >= 15 is 0 Å². The van der Waals surface area contributed by atoms with Crippen LogP contribution in [0.15, 0.2) is 6.07 Å². The van der Waals surface area contributed by atoms with Gasteiger partial charge in [-0.3, -0.25) is 0 Å². The van der Waals surface area contributed by atoms with Gasteiger partial charge in [0.1, 0.15) is 0 Å². The fourth-order valence-corrected chi connectivity index (χ4v) is 0.578. The minimum absolute atomic E-state index is 0.240. The molecule has 60 valence electrons. The summed E-state index contributed by atoms with van der Waals surface area (Å²) in [5.41, 5.74) is 0. The Morgan fingerprint density at radius 3 is 2.09 bits per heavy atom. The van der Waals surface area contributed by atoms with Crippen LogP contribution < -0.4 is 0 Å². The Kier molecular flexibility index (Phi) is 1.64. The van der Waals surface area contributed by atoms with E-state index in [0.717, 1.165) is 0 Å². The van der Waals surface area contributed by atoms with E-state index in [1.165, 1.54) is 0 Å². The third-order valence-corrected chi connectivity index (χ3v) is 1.11. The van der Waals surface area contributed by atoms with E-state index in [0.29, 0.717) is 0 Å². The molecule has 0 aliphatic carbocycles. The van der Waals surface area contributed by atoms with Crippen LogP contribution in [0, 0.1) is 17.5 Å². The van der Waals surface area contributed by atoms with Gasteiger partial charge in [-0.05, 0) is 0 Å². The summed E-state index contributed by atoms with van der Waals surface area (Å²) in [5.74, 6) is -7.41. The van der Waals surface area contributed by atoms with Gasteiger partial charge < -0.3 is 10.2 Å². The molecule has 2 N–H and O–H groups in total. The van der Waals surface area contributed by atoms with Gasteiger partial charge in [-0.1, -0.05) is 0 Å². The molecule has 0 bridgehead atoms. The zero-order valence-corrected chi connectivity index (χ0v) is 5.11. The minimum Gasteiger partial charge on any atom is -0.505 e. The molecule has 5 heteroatoms. The molecule has 2 nitrogen and oxygen atoms in total. The van der Waals surface area contributed by atoms with E-state index in [1.54, 1.807) is 0 Å². The first-order chi connectivity index (χ1) is 5.04. The molecular formula is C6H3F3O2. The highest BCUT2D eigenvalue weighted by Crippen LogP contribution is 2.29. The molecule has 1 aromatic rings. The molecule has 0 radical (unpaired) electrons. The van der Waals surface area contributed by atoms with E-state index in [-0.39, 0.29) is 6.07 Å². The molecule has 0 saturated carbocycles. The highest BCUT2D eigenvalue weighted by Gasteiger charge is 2.16. The van der Waals surface area contributed by atoms with Crippen molar-refractivity contribution < 1.29 is 23.4 Å². The van der Waals surface area contributed by atoms with E-state index in [9.17, 15) is 13.2 Å². The molecule has 0 fully saturated rings. The fourth-order valence-electron chi connectivity index (χ4n) is 0.578. The first-order valence-corrected chi connectivity index (χ1v) is 2.59. The zero-order valence-electron chi connectivity index (χ0n) is 5.11. The van der Waals surface area contributed by atoms with Crippen molar-refractivity contribution in [2.45, 2.75) is 0 Å². The van der Waals surface area contributed by atoms with Crippen LogP contribution in [0.25, 0.3) is 0 Å². The van der Waals surface area contributed by atoms with Crippen molar-refractivity contribution in [3.63, 3.8) is 0 Å². The van der Waals surface area contributed by atoms with E-state index < -0.39 is 29.0 Å². The number of rotatable bonds is 0. The van der Waals surface area contributed by atoms with Crippen molar-refractivity contribution in [1.82, 2.24) is 0 Å². The van der Waals surface area contributed by atoms with Crippen LogP contribution in [0.5, 0.6) is 11.5 Å². The van der Waals surface area contributed by atoms with Gasteiger partial charge in [-0.15, -0.1) is 0 Å². The molecule has 0 atom stereocenters. The van der Waals surface area contributed by atoms with Crippen molar-refractivity contribution in [1.29, 1.82) is 0 Å². The molecule has 1 rings (SSSR count).